The Morgan fingerprint density at radius 1 is 1.28 bits per heavy atom. The Morgan fingerprint density at radius 2 is 2.06 bits per heavy atom. The predicted octanol–water partition coefficient (Wildman–Crippen LogP) is 3.44. The molecular weight excluding hydrogens is 242 g/mol. The minimum absolute atomic E-state index is 0.278. The van der Waals surface area contributed by atoms with Gasteiger partial charge in [-0.2, -0.15) is 11.8 Å². The van der Waals surface area contributed by atoms with Gasteiger partial charge in [-0.3, -0.25) is 0 Å². The smallest absolute Gasteiger partial charge is 0.0564 e. The van der Waals surface area contributed by atoms with Crippen LogP contribution in [-0.2, 0) is 0 Å². The minimum Gasteiger partial charge on any atom is -0.395 e. The van der Waals surface area contributed by atoms with Gasteiger partial charge in [-0.1, -0.05) is 32.6 Å². The summed E-state index contributed by atoms with van der Waals surface area (Å²) in [5.74, 6) is 0.964. The van der Waals surface area contributed by atoms with Crippen molar-refractivity contribution in [3.8, 4) is 0 Å². The normalized spacial score (nSPS) is 28.7. The van der Waals surface area contributed by atoms with Gasteiger partial charge in [-0.05, 0) is 38.4 Å². The van der Waals surface area contributed by atoms with E-state index in [4.69, 9.17) is 0 Å². The van der Waals surface area contributed by atoms with E-state index in [1.54, 1.807) is 11.8 Å². The SMILES string of the molecule is CCCC1CCCC(NC(C)C(CO)SC)CC1. The molecule has 0 saturated heterocycles. The van der Waals surface area contributed by atoms with E-state index in [-0.39, 0.29) is 6.61 Å². The highest BCUT2D eigenvalue weighted by Gasteiger charge is 2.22. The van der Waals surface area contributed by atoms with Crippen molar-refractivity contribution >= 4 is 11.8 Å². The van der Waals surface area contributed by atoms with Crippen LogP contribution in [0.4, 0.5) is 0 Å². The van der Waals surface area contributed by atoms with Crippen molar-refractivity contribution in [2.75, 3.05) is 12.9 Å². The molecule has 0 radical (unpaired) electrons. The molecule has 1 fully saturated rings. The van der Waals surface area contributed by atoms with E-state index >= 15 is 0 Å². The Hall–Kier alpha value is 0.270. The average Bonchev–Trinajstić information content (AvgIpc) is 2.57. The van der Waals surface area contributed by atoms with Gasteiger partial charge in [0.2, 0.25) is 0 Å². The highest BCUT2D eigenvalue weighted by atomic mass is 32.2. The van der Waals surface area contributed by atoms with Gasteiger partial charge in [-0.15, -0.1) is 0 Å². The van der Waals surface area contributed by atoms with Gasteiger partial charge in [0.1, 0.15) is 0 Å². The largest absolute Gasteiger partial charge is 0.395 e. The van der Waals surface area contributed by atoms with Crippen molar-refractivity contribution in [3.05, 3.63) is 0 Å². The van der Waals surface area contributed by atoms with Crippen LogP contribution in [0, 0.1) is 5.92 Å². The van der Waals surface area contributed by atoms with Crippen molar-refractivity contribution in [2.45, 2.75) is 76.1 Å². The van der Waals surface area contributed by atoms with Crippen LogP contribution in [0.25, 0.3) is 0 Å². The molecule has 1 rings (SSSR count). The first-order chi connectivity index (χ1) is 8.71. The van der Waals surface area contributed by atoms with Gasteiger partial charge in [0.15, 0.2) is 0 Å². The molecule has 4 unspecified atom stereocenters. The number of thioether (sulfide) groups is 1. The molecule has 1 aliphatic rings. The summed E-state index contributed by atoms with van der Waals surface area (Å²) < 4.78 is 0. The maximum Gasteiger partial charge on any atom is 0.0564 e. The molecule has 4 atom stereocenters. The quantitative estimate of drug-likeness (QED) is 0.697. The number of aliphatic hydroxyl groups is 1. The maximum atomic E-state index is 9.33. The lowest BCUT2D eigenvalue weighted by Gasteiger charge is -2.27. The first-order valence-corrected chi connectivity index (χ1v) is 8.89. The summed E-state index contributed by atoms with van der Waals surface area (Å²) in [6, 6.07) is 1.08. The fourth-order valence-electron chi connectivity index (χ4n) is 3.16. The third kappa shape index (κ3) is 5.50. The van der Waals surface area contributed by atoms with E-state index in [0.717, 1.165) is 5.92 Å². The number of hydrogen-bond donors (Lipinski definition) is 2. The Morgan fingerprint density at radius 3 is 2.67 bits per heavy atom. The van der Waals surface area contributed by atoms with Crippen LogP contribution in [0.2, 0.25) is 0 Å². The molecule has 1 saturated carbocycles. The lowest BCUT2D eigenvalue weighted by atomic mass is 9.95. The summed E-state index contributed by atoms with van der Waals surface area (Å²) in [5, 5.41) is 13.4. The van der Waals surface area contributed by atoms with Crippen molar-refractivity contribution < 1.29 is 5.11 Å². The van der Waals surface area contributed by atoms with Crippen molar-refractivity contribution in [1.29, 1.82) is 0 Å². The maximum absolute atomic E-state index is 9.33. The van der Waals surface area contributed by atoms with E-state index < -0.39 is 0 Å². The molecule has 0 aromatic heterocycles. The van der Waals surface area contributed by atoms with Crippen molar-refractivity contribution in [2.24, 2.45) is 5.92 Å². The molecule has 1 aliphatic carbocycles. The predicted molar refractivity (Wildman–Crippen MR) is 82.3 cm³/mol. The number of aliphatic hydroxyl groups excluding tert-OH is 1. The van der Waals surface area contributed by atoms with Crippen LogP contribution in [0.15, 0.2) is 0 Å². The molecule has 108 valence electrons. The summed E-state index contributed by atoms with van der Waals surface area (Å²) in [6.45, 7) is 4.79. The van der Waals surface area contributed by atoms with Crippen molar-refractivity contribution in [1.82, 2.24) is 5.32 Å². The molecule has 0 spiro atoms. The zero-order valence-electron chi connectivity index (χ0n) is 12.3. The fraction of sp³-hybridized carbons (Fsp3) is 1.00. The third-order valence-corrected chi connectivity index (χ3v) is 5.49. The first-order valence-electron chi connectivity index (χ1n) is 7.60. The van der Waals surface area contributed by atoms with Crippen LogP contribution >= 0.6 is 11.8 Å². The molecule has 3 heteroatoms. The second-order valence-electron chi connectivity index (χ2n) is 5.77. The lowest BCUT2D eigenvalue weighted by molar-refractivity contribution is 0.267. The zero-order chi connectivity index (χ0) is 13.4. The van der Waals surface area contributed by atoms with Crippen LogP contribution in [0.1, 0.15) is 58.8 Å². The summed E-state index contributed by atoms with van der Waals surface area (Å²) in [4.78, 5) is 0. The zero-order valence-corrected chi connectivity index (χ0v) is 13.1. The van der Waals surface area contributed by atoms with E-state index in [9.17, 15) is 5.11 Å². The molecule has 0 amide bonds. The second-order valence-corrected chi connectivity index (χ2v) is 6.85. The summed E-state index contributed by atoms with van der Waals surface area (Å²) in [5.41, 5.74) is 0. The molecule has 0 bridgehead atoms. The van der Waals surface area contributed by atoms with Crippen molar-refractivity contribution in [3.63, 3.8) is 0 Å². The van der Waals surface area contributed by atoms with E-state index in [1.165, 1.54) is 44.9 Å². The van der Waals surface area contributed by atoms with E-state index in [1.807, 2.05) is 0 Å². The fourth-order valence-corrected chi connectivity index (χ4v) is 3.79. The number of hydrogen-bond acceptors (Lipinski definition) is 3. The molecule has 0 aliphatic heterocycles. The van der Waals surface area contributed by atoms with Gasteiger partial charge in [-0.25, -0.2) is 0 Å². The van der Waals surface area contributed by atoms with Gasteiger partial charge in [0.05, 0.1) is 6.61 Å². The topological polar surface area (TPSA) is 32.3 Å². The van der Waals surface area contributed by atoms with Crippen LogP contribution < -0.4 is 5.32 Å². The monoisotopic (exact) mass is 273 g/mol. The number of nitrogens with one attached hydrogen (secondary N) is 1. The highest BCUT2D eigenvalue weighted by molar-refractivity contribution is 7.99. The molecule has 18 heavy (non-hydrogen) atoms. The van der Waals surface area contributed by atoms with E-state index in [2.05, 4.69) is 25.4 Å². The van der Waals surface area contributed by atoms with Gasteiger partial charge < -0.3 is 10.4 Å². The molecule has 2 nitrogen and oxygen atoms in total. The average molecular weight is 273 g/mol. The lowest BCUT2D eigenvalue weighted by Crippen LogP contribution is -2.43. The third-order valence-electron chi connectivity index (χ3n) is 4.32. The molecule has 0 aromatic carbocycles. The molecular formula is C15H31NOS. The molecule has 0 aromatic rings. The molecule has 2 N–H and O–H groups in total. The minimum atomic E-state index is 0.278. The summed E-state index contributed by atoms with van der Waals surface area (Å²) >= 11 is 1.77. The highest BCUT2D eigenvalue weighted by Crippen LogP contribution is 2.27. The van der Waals surface area contributed by atoms with Gasteiger partial charge >= 0.3 is 0 Å². The Bertz CT molecular complexity index is 209. The standard InChI is InChI=1S/C15H31NOS/c1-4-6-13-7-5-8-14(10-9-13)16-12(2)15(11-17)18-3/h12-17H,4-11H2,1-3H3. The van der Waals surface area contributed by atoms with Gasteiger partial charge in [0.25, 0.3) is 0 Å². The van der Waals surface area contributed by atoms with Crippen LogP contribution in [0.3, 0.4) is 0 Å². The van der Waals surface area contributed by atoms with Crippen LogP contribution in [-0.4, -0.2) is 35.3 Å². The first kappa shape index (κ1) is 16.3. The Kier molecular flexibility index (Phi) is 8.36. The summed E-state index contributed by atoms with van der Waals surface area (Å²) in [7, 11) is 0. The molecule has 0 heterocycles. The second kappa shape index (κ2) is 9.22. The summed E-state index contributed by atoms with van der Waals surface area (Å²) in [6.07, 6.45) is 11.7. The van der Waals surface area contributed by atoms with E-state index in [0.29, 0.717) is 17.3 Å². The Balaban J connectivity index is 2.34. The number of rotatable bonds is 7. The van der Waals surface area contributed by atoms with Gasteiger partial charge in [0, 0.05) is 17.3 Å². The Labute approximate surface area is 117 Å². The van der Waals surface area contributed by atoms with Crippen LogP contribution in [0.5, 0.6) is 0 Å².